The van der Waals surface area contributed by atoms with E-state index >= 15 is 0 Å². The third-order valence-electron chi connectivity index (χ3n) is 3.41. The van der Waals surface area contributed by atoms with E-state index in [0.29, 0.717) is 11.4 Å². The van der Waals surface area contributed by atoms with Crippen molar-refractivity contribution < 1.29 is 4.42 Å². The lowest BCUT2D eigenvalue weighted by molar-refractivity contribution is 0.474. The van der Waals surface area contributed by atoms with Gasteiger partial charge in [0.2, 0.25) is 0 Å². The van der Waals surface area contributed by atoms with Gasteiger partial charge in [0, 0.05) is 16.9 Å². The summed E-state index contributed by atoms with van der Waals surface area (Å²) < 4.78 is 6.68. The van der Waals surface area contributed by atoms with Crippen LogP contribution in [0, 0.1) is 0 Å². The smallest absolute Gasteiger partial charge is 0.197 e. The zero-order valence-corrected chi connectivity index (χ0v) is 13.8. The van der Waals surface area contributed by atoms with Crippen molar-refractivity contribution in [1.29, 1.82) is 0 Å². The maximum Gasteiger partial charge on any atom is 0.197 e. The summed E-state index contributed by atoms with van der Waals surface area (Å²) in [5.41, 5.74) is 2.81. The van der Waals surface area contributed by atoms with Gasteiger partial charge in [-0.2, -0.15) is 0 Å². The van der Waals surface area contributed by atoms with Crippen LogP contribution in [0.15, 0.2) is 51.4 Å². The molecule has 0 radical (unpaired) electrons. The summed E-state index contributed by atoms with van der Waals surface area (Å²) in [6.45, 7) is 0. The Bertz CT molecular complexity index is 739. The Morgan fingerprint density at radius 3 is 2.81 bits per heavy atom. The molecule has 1 unspecified atom stereocenters. The molecule has 0 aliphatic rings. The van der Waals surface area contributed by atoms with Crippen LogP contribution in [0.5, 0.6) is 0 Å². The first-order valence-corrected chi connectivity index (χ1v) is 7.81. The lowest BCUT2D eigenvalue weighted by Gasteiger charge is -2.15. The SMILES string of the molecule is CNC(Cc1nc2ccccc2o1)c1ccc(Br)c(Cl)c1. The predicted octanol–water partition coefficient (Wildman–Crippen LogP) is 4.75. The van der Waals surface area contributed by atoms with E-state index < -0.39 is 0 Å². The molecule has 0 aliphatic carbocycles. The molecule has 1 atom stereocenters. The van der Waals surface area contributed by atoms with Crippen molar-refractivity contribution in [1.82, 2.24) is 10.3 Å². The van der Waals surface area contributed by atoms with Crippen LogP contribution < -0.4 is 5.32 Å². The molecule has 3 rings (SSSR count). The maximum absolute atomic E-state index is 6.17. The number of hydrogen-bond acceptors (Lipinski definition) is 3. The van der Waals surface area contributed by atoms with E-state index in [2.05, 4.69) is 26.2 Å². The summed E-state index contributed by atoms with van der Waals surface area (Å²) in [4.78, 5) is 4.52. The standard InChI is InChI=1S/C16H14BrClN2O/c1-19-14(10-6-7-11(17)12(18)8-10)9-16-20-13-4-2-3-5-15(13)21-16/h2-8,14,19H,9H2,1H3. The molecule has 0 aliphatic heterocycles. The summed E-state index contributed by atoms with van der Waals surface area (Å²) in [6.07, 6.45) is 0.670. The van der Waals surface area contributed by atoms with Gasteiger partial charge < -0.3 is 9.73 Å². The highest BCUT2D eigenvalue weighted by molar-refractivity contribution is 9.10. The van der Waals surface area contributed by atoms with Crippen molar-refractivity contribution in [3.8, 4) is 0 Å². The zero-order chi connectivity index (χ0) is 14.8. The van der Waals surface area contributed by atoms with Crippen LogP contribution in [-0.2, 0) is 6.42 Å². The molecule has 0 saturated heterocycles. The molecule has 0 spiro atoms. The monoisotopic (exact) mass is 364 g/mol. The second kappa shape index (κ2) is 6.18. The van der Waals surface area contributed by atoms with Gasteiger partial charge in [0.25, 0.3) is 0 Å². The summed E-state index contributed by atoms with van der Waals surface area (Å²) in [6, 6.07) is 13.8. The zero-order valence-electron chi connectivity index (χ0n) is 11.4. The van der Waals surface area contributed by atoms with Gasteiger partial charge in [-0.25, -0.2) is 4.98 Å². The first-order valence-electron chi connectivity index (χ1n) is 6.64. The van der Waals surface area contributed by atoms with E-state index in [1.54, 1.807) is 0 Å². The number of nitrogens with one attached hydrogen (secondary N) is 1. The minimum Gasteiger partial charge on any atom is -0.441 e. The number of likely N-dealkylation sites (N-methyl/N-ethyl adjacent to an activating group) is 1. The van der Waals surface area contributed by atoms with Crippen LogP contribution >= 0.6 is 27.5 Å². The highest BCUT2D eigenvalue weighted by atomic mass is 79.9. The molecule has 5 heteroatoms. The van der Waals surface area contributed by atoms with Gasteiger partial charge in [0.15, 0.2) is 11.5 Å². The quantitative estimate of drug-likeness (QED) is 0.725. The molecule has 1 aromatic heterocycles. The maximum atomic E-state index is 6.17. The van der Waals surface area contributed by atoms with E-state index in [1.165, 1.54) is 0 Å². The summed E-state index contributed by atoms with van der Waals surface area (Å²) in [7, 11) is 1.92. The highest BCUT2D eigenvalue weighted by Gasteiger charge is 2.15. The second-order valence-electron chi connectivity index (χ2n) is 4.79. The molecule has 21 heavy (non-hydrogen) atoms. The van der Waals surface area contributed by atoms with Crippen molar-refractivity contribution >= 4 is 38.6 Å². The predicted molar refractivity (Wildman–Crippen MR) is 88.7 cm³/mol. The highest BCUT2D eigenvalue weighted by Crippen LogP contribution is 2.28. The Hall–Kier alpha value is -1.36. The van der Waals surface area contributed by atoms with Gasteiger partial charge in [-0.15, -0.1) is 0 Å². The van der Waals surface area contributed by atoms with Gasteiger partial charge >= 0.3 is 0 Å². The average molecular weight is 366 g/mol. The fourth-order valence-electron chi connectivity index (χ4n) is 2.30. The molecule has 0 amide bonds. The number of oxazole rings is 1. The number of benzene rings is 2. The third-order valence-corrected chi connectivity index (χ3v) is 4.64. The number of rotatable bonds is 4. The Balaban J connectivity index is 1.88. The van der Waals surface area contributed by atoms with Gasteiger partial charge in [-0.05, 0) is 52.8 Å². The number of aromatic nitrogens is 1. The topological polar surface area (TPSA) is 38.1 Å². The number of halogens is 2. The molecule has 1 heterocycles. The van der Waals surface area contributed by atoms with Gasteiger partial charge in [-0.1, -0.05) is 29.8 Å². The lowest BCUT2D eigenvalue weighted by atomic mass is 10.0. The van der Waals surface area contributed by atoms with Gasteiger partial charge in [-0.3, -0.25) is 0 Å². The fraction of sp³-hybridized carbons (Fsp3) is 0.188. The first kappa shape index (κ1) is 14.6. The van der Waals surface area contributed by atoms with Crippen LogP contribution in [0.2, 0.25) is 5.02 Å². The van der Waals surface area contributed by atoms with E-state index in [9.17, 15) is 0 Å². The molecule has 0 fully saturated rings. The van der Waals surface area contributed by atoms with Crippen LogP contribution in [-0.4, -0.2) is 12.0 Å². The van der Waals surface area contributed by atoms with E-state index in [4.69, 9.17) is 16.0 Å². The van der Waals surface area contributed by atoms with Gasteiger partial charge in [0.05, 0.1) is 5.02 Å². The molecule has 108 valence electrons. The minimum absolute atomic E-state index is 0.101. The minimum atomic E-state index is 0.101. The Morgan fingerprint density at radius 1 is 1.29 bits per heavy atom. The molecule has 1 N–H and O–H groups in total. The second-order valence-corrected chi connectivity index (χ2v) is 6.06. The average Bonchev–Trinajstić information content (AvgIpc) is 2.90. The first-order chi connectivity index (χ1) is 10.2. The lowest BCUT2D eigenvalue weighted by Crippen LogP contribution is -2.19. The summed E-state index contributed by atoms with van der Waals surface area (Å²) >= 11 is 9.58. The van der Waals surface area contributed by atoms with Crippen LogP contribution in [0.25, 0.3) is 11.1 Å². The van der Waals surface area contributed by atoms with Crippen LogP contribution in [0.4, 0.5) is 0 Å². The summed E-state index contributed by atoms with van der Waals surface area (Å²) in [5, 5.41) is 3.98. The Labute approximate surface area is 136 Å². The number of para-hydroxylation sites is 2. The summed E-state index contributed by atoms with van der Waals surface area (Å²) in [5.74, 6) is 0.717. The van der Waals surface area contributed by atoms with Crippen LogP contribution in [0.3, 0.4) is 0 Å². The normalized spacial score (nSPS) is 12.7. The van der Waals surface area contributed by atoms with E-state index in [-0.39, 0.29) is 6.04 Å². The largest absolute Gasteiger partial charge is 0.441 e. The van der Waals surface area contributed by atoms with E-state index in [1.807, 2.05) is 49.5 Å². The molecular weight excluding hydrogens is 352 g/mol. The number of hydrogen-bond donors (Lipinski definition) is 1. The Morgan fingerprint density at radius 2 is 2.10 bits per heavy atom. The van der Waals surface area contributed by atoms with Crippen molar-refractivity contribution in [3.05, 3.63) is 63.4 Å². The number of nitrogens with zero attached hydrogens (tertiary/aromatic N) is 1. The Kier molecular flexibility index (Phi) is 4.29. The molecule has 2 aromatic carbocycles. The van der Waals surface area contributed by atoms with Crippen molar-refractivity contribution in [2.45, 2.75) is 12.5 Å². The molecule has 0 saturated carbocycles. The van der Waals surface area contributed by atoms with Crippen molar-refractivity contribution in [2.24, 2.45) is 0 Å². The van der Waals surface area contributed by atoms with Crippen molar-refractivity contribution in [3.63, 3.8) is 0 Å². The van der Waals surface area contributed by atoms with Crippen LogP contribution in [0.1, 0.15) is 17.5 Å². The molecular formula is C16H14BrClN2O. The van der Waals surface area contributed by atoms with E-state index in [0.717, 1.165) is 27.0 Å². The van der Waals surface area contributed by atoms with Crippen molar-refractivity contribution in [2.75, 3.05) is 7.05 Å². The number of fused-ring (bicyclic) bond motifs is 1. The van der Waals surface area contributed by atoms with Gasteiger partial charge in [0.1, 0.15) is 5.52 Å². The molecule has 0 bridgehead atoms. The fourth-order valence-corrected chi connectivity index (χ4v) is 2.73. The molecule has 3 nitrogen and oxygen atoms in total. The third kappa shape index (κ3) is 3.12. The molecule has 3 aromatic rings.